The summed E-state index contributed by atoms with van der Waals surface area (Å²) < 4.78 is 13.0. The van der Waals surface area contributed by atoms with E-state index in [1.165, 1.54) is 6.33 Å². The quantitative estimate of drug-likeness (QED) is 0.506. The van der Waals surface area contributed by atoms with Gasteiger partial charge in [0.25, 0.3) is 0 Å². The topological polar surface area (TPSA) is 25.8 Å². The monoisotopic (exact) mass is 238 g/mol. The minimum absolute atomic E-state index is 0.321. The Labute approximate surface area is 65.7 Å². The van der Waals surface area contributed by atoms with Crippen molar-refractivity contribution in [2.75, 3.05) is 0 Å². The summed E-state index contributed by atoms with van der Waals surface area (Å²) in [5.41, 5.74) is 0.398. The van der Waals surface area contributed by atoms with Gasteiger partial charge < -0.3 is 0 Å². The number of rotatable bonds is 0. The van der Waals surface area contributed by atoms with Crippen LogP contribution in [0.1, 0.15) is 5.69 Å². The van der Waals surface area contributed by atoms with Gasteiger partial charge in [0.1, 0.15) is 10.0 Å². The van der Waals surface area contributed by atoms with E-state index >= 15 is 0 Å². The first kappa shape index (κ1) is 6.85. The van der Waals surface area contributed by atoms with Crippen molar-refractivity contribution in [1.82, 2.24) is 9.97 Å². The van der Waals surface area contributed by atoms with E-state index in [-0.39, 0.29) is 5.82 Å². The molecule has 0 atom stereocenters. The van der Waals surface area contributed by atoms with Crippen LogP contribution >= 0.6 is 22.6 Å². The lowest BCUT2D eigenvalue weighted by atomic mass is 10.4. The first-order valence-electron chi connectivity index (χ1n) is 2.34. The normalized spacial score (nSPS) is 9.67. The molecule has 48 valence electrons. The molecule has 4 heteroatoms. The first-order chi connectivity index (χ1) is 4.22. The minimum atomic E-state index is -0.321. The molecule has 0 radical (unpaired) electrons. The molecule has 0 aliphatic carbocycles. The van der Waals surface area contributed by atoms with Crippen molar-refractivity contribution in [2.45, 2.75) is 6.92 Å². The van der Waals surface area contributed by atoms with E-state index in [4.69, 9.17) is 0 Å². The third-order valence-electron chi connectivity index (χ3n) is 0.921. The molecule has 1 aromatic heterocycles. The van der Waals surface area contributed by atoms with Crippen LogP contribution in [0, 0.1) is 16.4 Å². The zero-order chi connectivity index (χ0) is 6.85. The van der Waals surface area contributed by atoms with Crippen molar-refractivity contribution in [3.8, 4) is 0 Å². The summed E-state index contributed by atoms with van der Waals surface area (Å²) in [7, 11) is 0. The van der Waals surface area contributed by atoms with Crippen molar-refractivity contribution >= 4 is 22.6 Å². The number of hydrogen-bond donors (Lipinski definition) is 0. The van der Waals surface area contributed by atoms with Crippen LogP contribution in [0.25, 0.3) is 0 Å². The lowest BCUT2D eigenvalue weighted by Gasteiger charge is -1.93. The molecule has 9 heavy (non-hydrogen) atoms. The average Bonchev–Trinajstić information content (AvgIpc) is 1.83. The molecule has 0 N–H and O–H groups in total. The highest BCUT2D eigenvalue weighted by Crippen LogP contribution is 2.07. The van der Waals surface area contributed by atoms with Gasteiger partial charge in [-0.25, -0.2) is 14.4 Å². The Morgan fingerprint density at radius 1 is 1.56 bits per heavy atom. The van der Waals surface area contributed by atoms with E-state index in [1.54, 1.807) is 6.92 Å². The van der Waals surface area contributed by atoms with Crippen LogP contribution in [0.5, 0.6) is 0 Å². The molecule has 1 aromatic rings. The molecule has 1 heterocycles. The zero-order valence-corrected chi connectivity index (χ0v) is 6.89. The van der Waals surface area contributed by atoms with Gasteiger partial charge in [-0.1, -0.05) is 0 Å². The van der Waals surface area contributed by atoms with Gasteiger partial charge >= 0.3 is 0 Å². The van der Waals surface area contributed by atoms with Crippen LogP contribution in [0.15, 0.2) is 6.33 Å². The number of hydrogen-bond acceptors (Lipinski definition) is 2. The fourth-order valence-electron chi connectivity index (χ4n) is 0.429. The van der Waals surface area contributed by atoms with Crippen LogP contribution in [0.3, 0.4) is 0 Å². The van der Waals surface area contributed by atoms with Crippen molar-refractivity contribution in [2.24, 2.45) is 0 Å². The minimum Gasteiger partial charge on any atom is -0.239 e. The first-order valence-corrected chi connectivity index (χ1v) is 3.42. The molecule has 0 saturated carbocycles. The summed E-state index contributed by atoms with van der Waals surface area (Å²) in [6.07, 6.45) is 1.35. The second-order valence-electron chi connectivity index (χ2n) is 1.56. The molecule has 0 fully saturated rings. The summed E-state index contributed by atoms with van der Waals surface area (Å²) >= 11 is 1.82. The summed E-state index contributed by atoms with van der Waals surface area (Å²) in [6, 6.07) is 0. The Morgan fingerprint density at radius 2 is 2.22 bits per heavy atom. The van der Waals surface area contributed by atoms with Crippen LogP contribution in [0.4, 0.5) is 4.39 Å². The van der Waals surface area contributed by atoms with E-state index in [0.717, 1.165) is 0 Å². The van der Waals surface area contributed by atoms with Gasteiger partial charge in [-0.3, -0.25) is 0 Å². The number of aryl methyl sites for hydroxylation is 1. The van der Waals surface area contributed by atoms with Gasteiger partial charge in [0.2, 0.25) is 0 Å². The van der Waals surface area contributed by atoms with Crippen LogP contribution in [-0.2, 0) is 0 Å². The van der Waals surface area contributed by atoms with Gasteiger partial charge in [0.15, 0.2) is 5.82 Å². The standard InChI is InChI=1S/C5H4FIN2/c1-3-4(6)5(7)9-2-8-3/h2H,1H3. The van der Waals surface area contributed by atoms with Gasteiger partial charge in [-0.2, -0.15) is 0 Å². The lowest BCUT2D eigenvalue weighted by molar-refractivity contribution is 0.591. The van der Waals surface area contributed by atoms with E-state index in [9.17, 15) is 4.39 Å². The predicted molar refractivity (Wildman–Crippen MR) is 39.4 cm³/mol. The second kappa shape index (κ2) is 2.55. The molecule has 0 amide bonds. The Kier molecular flexibility index (Phi) is 1.94. The maximum Gasteiger partial charge on any atom is 0.176 e. The molecular formula is C5H4FIN2. The summed E-state index contributed by atoms with van der Waals surface area (Å²) in [5, 5.41) is 0. The molecule has 2 nitrogen and oxygen atoms in total. The number of aromatic nitrogens is 2. The molecule has 1 rings (SSSR count). The molecule has 0 aliphatic rings. The lowest BCUT2D eigenvalue weighted by Crippen LogP contribution is -1.93. The zero-order valence-electron chi connectivity index (χ0n) is 4.73. The second-order valence-corrected chi connectivity index (χ2v) is 2.59. The largest absolute Gasteiger partial charge is 0.239 e. The van der Waals surface area contributed by atoms with Gasteiger partial charge in [0, 0.05) is 0 Å². The molecular weight excluding hydrogens is 234 g/mol. The van der Waals surface area contributed by atoms with Gasteiger partial charge in [-0.15, -0.1) is 0 Å². The van der Waals surface area contributed by atoms with E-state index in [0.29, 0.717) is 9.39 Å². The van der Waals surface area contributed by atoms with E-state index < -0.39 is 0 Å². The molecule has 0 bridgehead atoms. The molecule has 0 unspecified atom stereocenters. The van der Waals surface area contributed by atoms with Crippen molar-refractivity contribution in [3.63, 3.8) is 0 Å². The fourth-order valence-corrected chi connectivity index (χ4v) is 0.944. The maximum absolute atomic E-state index is 12.6. The Hall–Kier alpha value is -0.260. The van der Waals surface area contributed by atoms with Crippen LogP contribution in [-0.4, -0.2) is 9.97 Å². The van der Waals surface area contributed by atoms with E-state index in [2.05, 4.69) is 9.97 Å². The van der Waals surface area contributed by atoms with Gasteiger partial charge in [-0.05, 0) is 29.5 Å². The molecule has 0 saturated heterocycles. The Bertz CT molecular complexity index is 206. The Morgan fingerprint density at radius 3 is 2.67 bits per heavy atom. The van der Waals surface area contributed by atoms with Crippen molar-refractivity contribution in [3.05, 3.63) is 21.5 Å². The van der Waals surface area contributed by atoms with Crippen molar-refractivity contribution < 1.29 is 4.39 Å². The highest BCUT2D eigenvalue weighted by molar-refractivity contribution is 14.1. The predicted octanol–water partition coefficient (Wildman–Crippen LogP) is 1.53. The Balaban J connectivity index is 3.25. The highest BCUT2D eigenvalue weighted by atomic mass is 127. The third kappa shape index (κ3) is 1.35. The fraction of sp³-hybridized carbons (Fsp3) is 0.200. The van der Waals surface area contributed by atoms with Crippen molar-refractivity contribution in [1.29, 1.82) is 0 Å². The summed E-state index contributed by atoms with van der Waals surface area (Å²) in [6.45, 7) is 1.61. The summed E-state index contributed by atoms with van der Waals surface area (Å²) in [4.78, 5) is 7.29. The maximum atomic E-state index is 12.6. The third-order valence-corrected chi connectivity index (χ3v) is 1.67. The molecule has 0 aromatic carbocycles. The van der Waals surface area contributed by atoms with Gasteiger partial charge in [0.05, 0.1) is 5.69 Å². The molecule has 0 aliphatic heterocycles. The van der Waals surface area contributed by atoms with Crippen LogP contribution in [0.2, 0.25) is 0 Å². The highest BCUT2D eigenvalue weighted by Gasteiger charge is 2.01. The smallest absolute Gasteiger partial charge is 0.176 e. The summed E-state index contributed by atoms with van der Waals surface area (Å²) in [5.74, 6) is -0.321. The SMILES string of the molecule is Cc1ncnc(I)c1F. The molecule has 0 spiro atoms. The van der Waals surface area contributed by atoms with Crippen LogP contribution < -0.4 is 0 Å². The van der Waals surface area contributed by atoms with E-state index in [1.807, 2.05) is 22.6 Å². The number of nitrogens with zero attached hydrogens (tertiary/aromatic N) is 2. The average molecular weight is 238 g/mol. The number of halogens is 2.